The molecule has 0 saturated carbocycles. The van der Waals surface area contributed by atoms with Gasteiger partial charge >= 0.3 is 0 Å². The summed E-state index contributed by atoms with van der Waals surface area (Å²) in [6.45, 7) is 6.75. The Morgan fingerprint density at radius 1 is 0.741 bits per heavy atom. The Bertz CT molecular complexity index is 960. The van der Waals surface area contributed by atoms with Gasteiger partial charge in [0, 0.05) is 0 Å². The molecule has 0 aliphatic carbocycles. The van der Waals surface area contributed by atoms with E-state index in [-0.39, 0.29) is 15.7 Å². The molecule has 0 unspecified atom stereocenters. The molecule has 0 aliphatic rings. The van der Waals surface area contributed by atoms with Crippen LogP contribution in [0.1, 0.15) is 25.0 Å². The highest BCUT2D eigenvalue weighted by Crippen LogP contribution is 2.21. The zero-order valence-electron chi connectivity index (χ0n) is 15.7. The van der Waals surface area contributed by atoms with Crippen LogP contribution in [0.2, 0.25) is 0 Å². The average molecular weight is 413 g/mol. The van der Waals surface area contributed by atoms with E-state index in [4.69, 9.17) is 8.37 Å². The Labute approximate surface area is 161 Å². The number of benzene rings is 2. The highest BCUT2D eigenvalue weighted by Gasteiger charge is 2.27. The fourth-order valence-corrected chi connectivity index (χ4v) is 4.29. The Balaban J connectivity index is 2.13. The molecular weight excluding hydrogens is 388 g/mol. The standard InChI is InChI=1S/C19H24O6S2/c1-14(2)19(25-27(22,23)18-11-7-16(4)8-12-18)13-24-26(20,21)17-9-5-15(3)6-10-17/h5-12,14,19H,13H2,1-4H3/t19-/m0/s1. The molecule has 8 heteroatoms. The van der Waals surface area contributed by atoms with E-state index >= 15 is 0 Å². The molecule has 2 aromatic rings. The maximum absolute atomic E-state index is 12.5. The summed E-state index contributed by atoms with van der Waals surface area (Å²) in [6.07, 6.45) is -0.948. The molecule has 1 atom stereocenters. The van der Waals surface area contributed by atoms with Crippen molar-refractivity contribution in [2.24, 2.45) is 5.92 Å². The third-order valence-corrected chi connectivity index (χ3v) is 6.65. The molecule has 0 N–H and O–H groups in total. The van der Waals surface area contributed by atoms with Crippen molar-refractivity contribution in [2.75, 3.05) is 6.61 Å². The lowest BCUT2D eigenvalue weighted by atomic mass is 10.1. The Morgan fingerprint density at radius 3 is 1.56 bits per heavy atom. The molecular formula is C19H24O6S2. The second-order valence-electron chi connectivity index (χ2n) is 6.70. The molecule has 2 aromatic carbocycles. The van der Waals surface area contributed by atoms with Gasteiger partial charge in [0.2, 0.25) is 0 Å². The van der Waals surface area contributed by atoms with E-state index in [0.717, 1.165) is 11.1 Å². The molecule has 0 saturated heterocycles. The van der Waals surface area contributed by atoms with Gasteiger partial charge in [-0.05, 0) is 44.0 Å². The maximum Gasteiger partial charge on any atom is 0.297 e. The smallest absolute Gasteiger partial charge is 0.264 e. The van der Waals surface area contributed by atoms with Crippen LogP contribution in [-0.2, 0) is 28.6 Å². The second kappa shape index (κ2) is 8.52. The van der Waals surface area contributed by atoms with Crippen molar-refractivity contribution in [3.8, 4) is 0 Å². The van der Waals surface area contributed by atoms with Gasteiger partial charge < -0.3 is 0 Å². The molecule has 0 aromatic heterocycles. The summed E-state index contributed by atoms with van der Waals surface area (Å²) in [5.74, 6) is -0.279. The Hall–Kier alpha value is -1.74. The molecule has 148 valence electrons. The van der Waals surface area contributed by atoms with E-state index < -0.39 is 32.9 Å². The highest BCUT2D eigenvalue weighted by molar-refractivity contribution is 7.87. The third kappa shape index (κ3) is 5.87. The van der Waals surface area contributed by atoms with Crippen LogP contribution in [-0.4, -0.2) is 29.5 Å². The van der Waals surface area contributed by atoms with Gasteiger partial charge in [-0.2, -0.15) is 16.8 Å². The fraction of sp³-hybridized carbons (Fsp3) is 0.368. The summed E-state index contributed by atoms with van der Waals surface area (Å²) in [6, 6.07) is 12.4. The highest BCUT2D eigenvalue weighted by atomic mass is 32.2. The van der Waals surface area contributed by atoms with Crippen LogP contribution >= 0.6 is 0 Å². The van der Waals surface area contributed by atoms with Crippen LogP contribution in [0.5, 0.6) is 0 Å². The van der Waals surface area contributed by atoms with Crippen molar-refractivity contribution in [2.45, 2.75) is 43.6 Å². The van der Waals surface area contributed by atoms with E-state index in [1.807, 2.05) is 13.8 Å². The Morgan fingerprint density at radius 2 is 1.15 bits per heavy atom. The van der Waals surface area contributed by atoms with Gasteiger partial charge in [0.05, 0.1) is 16.4 Å². The molecule has 0 fully saturated rings. The average Bonchev–Trinajstić information content (AvgIpc) is 2.59. The van der Waals surface area contributed by atoms with Crippen LogP contribution in [0.25, 0.3) is 0 Å². The molecule has 0 heterocycles. The first kappa shape index (κ1) is 21.6. The molecule has 27 heavy (non-hydrogen) atoms. The summed E-state index contributed by atoms with van der Waals surface area (Å²) in [5, 5.41) is 0. The molecule has 0 radical (unpaired) electrons. The minimum Gasteiger partial charge on any atom is -0.264 e. The summed E-state index contributed by atoms with van der Waals surface area (Å²) >= 11 is 0. The van der Waals surface area contributed by atoms with Gasteiger partial charge in [-0.1, -0.05) is 49.2 Å². The lowest BCUT2D eigenvalue weighted by Gasteiger charge is -2.20. The van der Waals surface area contributed by atoms with Gasteiger partial charge in [0.25, 0.3) is 20.2 Å². The fourth-order valence-electron chi connectivity index (χ4n) is 2.18. The normalized spacial score (nSPS) is 13.7. The SMILES string of the molecule is Cc1ccc(S(=O)(=O)OC[C@H](OS(=O)(=O)c2ccc(C)cc2)C(C)C)cc1. The van der Waals surface area contributed by atoms with E-state index in [1.165, 1.54) is 24.3 Å². The van der Waals surface area contributed by atoms with E-state index in [1.54, 1.807) is 38.1 Å². The largest absolute Gasteiger partial charge is 0.297 e. The third-order valence-electron chi connectivity index (χ3n) is 4.00. The van der Waals surface area contributed by atoms with Crippen LogP contribution < -0.4 is 0 Å². The number of hydrogen-bond acceptors (Lipinski definition) is 6. The van der Waals surface area contributed by atoms with E-state index in [0.29, 0.717) is 0 Å². The van der Waals surface area contributed by atoms with E-state index in [9.17, 15) is 16.8 Å². The first-order valence-corrected chi connectivity index (χ1v) is 11.3. The zero-order valence-corrected chi connectivity index (χ0v) is 17.4. The molecule has 0 spiro atoms. The topological polar surface area (TPSA) is 86.7 Å². The van der Waals surface area contributed by atoms with Crippen molar-refractivity contribution in [3.05, 3.63) is 59.7 Å². The minimum absolute atomic E-state index is 0.0111. The summed E-state index contributed by atoms with van der Waals surface area (Å²) < 4.78 is 59.9. The van der Waals surface area contributed by atoms with Crippen LogP contribution in [0, 0.1) is 19.8 Å². The van der Waals surface area contributed by atoms with Crippen LogP contribution in [0.15, 0.2) is 58.3 Å². The number of rotatable bonds is 8. The molecule has 0 amide bonds. The van der Waals surface area contributed by atoms with Crippen molar-refractivity contribution in [1.29, 1.82) is 0 Å². The number of hydrogen-bond donors (Lipinski definition) is 0. The second-order valence-corrected chi connectivity index (χ2v) is 9.89. The maximum atomic E-state index is 12.5. The minimum atomic E-state index is -4.03. The number of aryl methyl sites for hydroxylation is 2. The summed E-state index contributed by atoms with van der Waals surface area (Å²) in [7, 11) is -8.04. The predicted molar refractivity (Wildman–Crippen MR) is 102 cm³/mol. The van der Waals surface area contributed by atoms with Gasteiger partial charge in [-0.3, -0.25) is 8.37 Å². The van der Waals surface area contributed by atoms with E-state index in [2.05, 4.69) is 0 Å². The van der Waals surface area contributed by atoms with Crippen LogP contribution in [0.3, 0.4) is 0 Å². The zero-order chi connectivity index (χ0) is 20.2. The van der Waals surface area contributed by atoms with Gasteiger partial charge in [-0.15, -0.1) is 0 Å². The van der Waals surface area contributed by atoms with Gasteiger partial charge in [0.15, 0.2) is 0 Å². The first-order chi connectivity index (χ1) is 12.5. The quantitative estimate of drug-likeness (QED) is 0.617. The Kier molecular flexibility index (Phi) is 6.80. The van der Waals surface area contributed by atoms with Crippen molar-refractivity contribution in [3.63, 3.8) is 0 Å². The van der Waals surface area contributed by atoms with Gasteiger partial charge in [0.1, 0.15) is 6.10 Å². The lowest BCUT2D eigenvalue weighted by molar-refractivity contribution is 0.0997. The molecule has 0 aliphatic heterocycles. The molecule has 2 rings (SSSR count). The molecule has 6 nitrogen and oxygen atoms in total. The first-order valence-electron chi connectivity index (χ1n) is 8.47. The monoisotopic (exact) mass is 412 g/mol. The molecule has 0 bridgehead atoms. The van der Waals surface area contributed by atoms with Crippen molar-refractivity contribution in [1.82, 2.24) is 0 Å². The lowest BCUT2D eigenvalue weighted by Crippen LogP contribution is -2.30. The van der Waals surface area contributed by atoms with Gasteiger partial charge in [-0.25, -0.2) is 0 Å². The van der Waals surface area contributed by atoms with Crippen molar-refractivity contribution >= 4 is 20.2 Å². The summed E-state index contributed by atoms with van der Waals surface area (Å²) in [5.41, 5.74) is 1.84. The predicted octanol–water partition coefficient (Wildman–Crippen LogP) is 3.44. The summed E-state index contributed by atoms with van der Waals surface area (Å²) in [4.78, 5) is 0.0251. The van der Waals surface area contributed by atoms with Crippen molar-refractivity contribution < 1.29 is 25.2 Å². The van der Waals surface area contributed by atoms with Crippen LogP contribution in [0.4, 0.5) is 0 Å².